The summed E-state index contributed by atoms with van der Waals surface area (Å²) in [6, 6.07) is 11.5. The van der Waals surface area contributed by atoms with Crippen LogP contribution in [0.3, 0.4) is 0 Å². The predicted octanol–water partition coefficient (Wildman–Crippen LogP) is 2.91. The first-order valence-electron chi connectivity index (χ1n) is 10.4. The molecule has 0 aromatic heterocycles. The van der Waals surface area contributed by atoms with Crippen molar-refractivity contribution in [3.63, 3.8) is 0 Å². The first kappa shape index (κ1) is 23.6. The van der Waals surface area contributed by atoms with Crippen molar-refractivity contribution in [2.45, 2.75) is 18.7 Å². The topological polar surface area (TPSA) is 117 Å². The van der Waals surface area contributed by atoms with Gasteiger partial charge in [0.05, 0.1) is 29.2 Å². The standard InChI is InChI=1S/C21H27N5O5S/c1-3-25(4-2)32(29,30)19-9-10-20(21(15-19)26(27)28)23-22-16-17-5-7-18(8-6-17)24-11-13-31-14-12-24/h5-10,15-16,23H,3-4,11-14H2,1-2H3. The maximum atomic E-state index is 12.7. The monoisotopic (exact) mass is 461 g/mol. The molecule has 0 atom stereocenters. The third-order valence-corrected chi connectivity index (χ3v) is 7.22. The van der Waals surface area contributed by atoms with Crippen molar-refractivity contribution in [1.29, 1.82) is 0 Å². The van der Waals surface area contributed by atoms with Gasteiger partial charge in [0.1, 0.15) is 5.69 Å². The van der Waals surface area contributed by atoms with Gasteiger partial charge in [0.2, 0.25) is 10.0 Å². The lowest BCUT2D eigenvalue weighted by atomic mass is 10.2. The molecule has 1 N–H and O–H groups in total. The van der Waals surface area contributed by atoms with E-state index in [-0.39, 0.29) is 29.4 Å². The zero-order chi connectivity index (χ0) is 23.1. The summed E-state index contributed by atoms with van der Waals surface area (Å²) in [5.41, 5.74) is 4.31. The molecular weight excluding hydrogens is 434 g/mol. The zero-order valence-corrected chi connectivity index (χ0v) is 18.9. The molecule has 1 aliphatic rings. The molecule has 0 radical (unpaired) electrons. The van der Waals surface area contributed by atoms with Crippen molar-refractivity contribution in [2.24, 2.45) is 5.10 Å². The Balaban J connectivity index is 1.74. The van der Waals surface area contributed by atoms with Crippen LogP contribution in [0.5, 0.6) is 0 Å². The van der Waals surface area contributed by atoms with Gasteiger partial charge in [-0.05, 0) is 29.8 Å². The zero-order valence-electron chi connectivity index (χ0n) is 18.1. The number of hydrogen-bond acceptors (Lipinski definition) is 8. The second-order valence-corrected chi connectivity index (χ2v) is 9.02. The molecule has 0 saturated carbocycles. The Morgan fingerprint density at radius 1 is 1.16 bits per heavy atom. The molecule has 2 aromatic carbocycles. The molecule has 3 rings (SSSR count). The van der Waals surface area contributed by atoms with Crippen LogP contribution in [0.25, 0.3) is 0 Å². The van der Waals surface area contributed by atoms with Gasteiger partial charge in [-0.1, -0.05) is 26.0 Å². The summed E-state index contributed by atoms with van der Waals surface area (Å²) in [6.45, 7) is 7.10. The molecule has 0 bridgehead atoms. The van der Waals surface area contributed by atoms with Crippen LogP contribution in [-0.2, 0) is 14.8 Å². The molecule has 1 heterocycles. The minimum atomic E-state index is -3.80. The predicted molar refractivity (Wildman–Crippen MR) is 124 cm³/mol. The Hall–Kier alpha value is -3.02. The Labute approximate surface area is 187 Å². The lowest BCUT2D eigenvalue weighted by Gasteiger charge is -2.28. The van der Waals surface area contributed by atoms with E-state index in [1.54, 1.807) is 20.1 Å². The number of nitro groups is 1. The lowest BCUT2D eigenvalue weighted by molar-refractivity contribution is -0.384. The van der Waals surface area contributed by atoms with Crippen LogP contribution in [0.4, 0.5) is 17.1 Å². The van der Waals surface area contributed by atoms with E-state index >= 15 is 0 Å². The molecule has 10 nitrogen and oxygen atoms in total. The van der Waals surface area contributed by atoms with E-state index in [1.807, 2.05) is 24.3 Å². The second kappa shape index (κ2) is 10.5. The highest BCUT2D eigenvalue weighted by molar-refractivity contribution is 7.89. The van der Waals surface area contributed by atoms with Crippen molar-refractivity contribution in [1.82, 2.24) is 4.31 Å². The minimum absolute atomic E-state index is 0.106. The molecule has 0 spiro atoms. The number of nitrogens with one attached hydrogen (secondary N) is 1. The van der Waals surface area contributed by atoms with Crippen LogP contribution < -0.4 is 10.3 Å². The molecule has 11 heteroatoms. The Morgan fingerprint density at radius 2 is 1.81 bits per heavy atom. The lowest BCUT2D eigenvalue weighted by Crippen LogP contribution is -2.36. The number of morpholine rings is 1. The SMILES string of the molecule is CCN(CC)S(=O)(=O)c1ccc(NN=Cc2ccc(N3CCOCC3)cc2)c([N+](=O)[O-])c1. The average Bonchev–Trinajstić information content (AvgIpc) is 2.80. The van der Waals surface area contributed by atoms with Crippen LogP contribution in [0.15, 0.2) is 52.5 Å². The largest absolute Gasteiger partial charge is 0.378 e. The molecule has 0 unspecified atom stereocenters. The summed E-state index contributed by atoms with van der Waals surface area (Å²) in [6.07, 6.45) is 1.55. The van der Waals surface area contributed by atoms with Crippen molar-refractivity contribution < 1.29 is 18.1 Å². The fourth-order valence-corrected chi connectivity index (χ4v) is 4.88. The fourth-order valence-electron chi connectivity index (χ4n) is 3.40. The van der Waals surface area contributed by atoms with E-state index in [0.29, 0.717) is 13.2 Å². The number of nitro benzene ring substituents is 1. The summed E-state index contributed by atoms with van der Waals surface area (Å²) in [5, 5.41) is 15.6. The van der Waals surface area contributed by atoms with E-state index in [0.717, 1.165) is 30.4 Å². The summed E-state index contributed by atoms with van der Waals surface area (Å²) in [4.78, 5) is 13.0. The Kier molecular flexibility index (Phi) is 7.78. The maximum Gasteiger partial charge on any atom is 0.295 e. The Bertz CT molecular complexity index is 1060. The first-order valence-corrected chi connectivity index (χ1v) is 11.8. The van der Waals surface area contributed by atoms with Gasteiger partial charge >= 0.3 is 0 Å². The fraction of sp³-hybridized carbons (Fsp3) is 0.381. The number of anilines is 2. The number of hydrazone groups is 1. The van der Waals surface area contributed by atoms with E-state index in [9.17, 15) is 18.5 Å². The number of ether oxygens (including phenoxy) is 1. The van der Waals surface area contributed by atoms with Crippen molar-refractivity contribution in [3.05, 3.63) is 58.1 Å². The second-order valence-electron chi connectivity index (χ2n) is 7.09. The number of benzene rings is 2. The summed E-state index contributed by atoms with van der Waals surface area (Å²) in [7, 11) is -3.80. The van der Waals surface area contributed by atoms with E-state index in [1.165, 1.54) is 16.4 Å². The van der Waals surface area contributed by atoms with Crippen molar-refractivity contribution >= 4 is 33.3 Å². The molecule has 1 fully saturated rings. The molecule has 1 aliphatic heterocycles. The number of hydrogen-bond donors (Lipinski definition) is 1. The third-order valence-electron chi connectivity index (χ3n) is 5.18. The van der Waals surface area contributed by atoms with Crippen molar-refractivity contribution in [3.8, 4) is 0 Å². The van der Waals surface area contributed by atoms with Crippen LogP contribution >= 0.6 is 0 Å². The van der Waals surface area contributed by atoms with E-state index < -0.39 is 14.9 Å². The summed E-state index contributed by atoms with van der Waals surface area (Å²) in [5.74, 6) is 0. The van der Waals surface area contributed by atoms with Gasteiger partial charge in [-0.2, -0.15) is 9.41 Å². The van der Waals surface area contributed by atoms with Gasteiger partial charge in [0.15, 0.2) is 0 Å². The average molecular weight is 462 g/mol. The molecule has 2 aromatic rings. The normalized spacial score (nSPS) is 14.8. The van der Waals surface area contributed by atoms with Crippen LogP contribution in [0.2, 0.25) is 0 Å². The number of nitrogens with zero attached hydrogens (tertiary/aromatic N) is 4. The molecule has 1 saturated heterocycles. The third kappa shape index (κ3) is 5.42. The molecule has 172 valence electrons. The molecule has 0 amide bonds. The van der Waals surface area contributed by atoms with E-state index in [4.69, 9.17) is 4.74 Å². The van der Waals surface area contributed by atoms with Crippen LogP contribution in [0, 0.1) is 10.1 Å². The first-order chi connectivity index (χ1) is 15.4. The number of sulfonamides is 1. The number of rotatable bonds is 9. The van der Waals surface area contributed by atoms with Gasteiger partial charge < -0.3 is 9.64 Å². The van der Waals surface area contributed by atoms with Gasteiger partial charge in [-0.15, -0.1) is 0 Å². The quantitative estimate of drug-likeness (QED) is 0.347. The highest BCUT2D eigenvalue weighted by Crippen LogP contribution is 2.29. The summed E-state index contributed by atoms with van der Waals surface area (Å²) < 4.78 is 31.9. The van der Waals surface area contributed by atoms with E-state index in [2.05, 4.69) is 15.4 Å². The van der Waals surface area contributed by atoms with Gasteiger partial charge in [0, 0.05) is 37.9 Å². The molecule has 32 heavy (non-hydrogen) atoms. The Morgan fingerprint density at radius 3 is 2.41 bits per heavy atom. The van der Waals surface area contributed by atoms with Crippen LogP contribution in [-0.4, -0.2) is 63.3 Å². The highest BCUT2D eigenvalue weighted by Gasteiger charge is 2.25. The summed E-state index contributed by atoms with van der Waals surface area (Å²) >= 11 is 0. The molecule has 0 aliphatic carbocycles. The van der Waals surface area contributed by atoms with Crippen LogP contribution in [0.1, 0.15) is 19.4 Å². The van der Waals surface area contributed by atoms with Crippen molar-refractivity contribution in [2.75, 3.05) is 49.7 Å². The molecular formula is C21H27N5O5S. The smallest absolute Gasteiger partial charge is 0.295 e. The highest BCUT2D eigenvalue weighted by atomic mass is 32.2. The maximum absolute atomic E-state index is 12.7. The van der Waals surface area contributed by atoms with Gasteiger partial charge in [0.25, 0.3) is 5.69 Å². The van der Waals surface area contributed by atoms with Gasteiger partial charge in [-0.3, -0.25) is 15.5 Å². The minimum Gasteiger partial charge on any atom is -0.378 e. The van der Waals surface area contributed by atoms with Gasteiger partial charge in [-0.25, -0.2) is 8.42 Å².